The van der Waals surface area contributed by atoms with E-state index >= 15 is 0 Å². The molecule has 1 saturated carbocycles. The van der Waals surface area contributed by atoms with Crippen LogP contribution in [-0.4, -0.2) is 28.0 Å². The predicted octanol–water partition coefficient (Wildman–Crippen LogP) is 2.02. The van der Waals surface area contributed by atoms with E-state index in [-0.39, 0.29) is 29.8 Å². The molecule has 0 radical (unpaired) electrons. The molecule has 0 bridgehead atoms. The molecule has 8 heteroatoms. The van der Waals surface area contributed by atoms with E-state index in [9.17, 15) is 19.2 Å². The minimum atomic E-state index is -0.872. The quantitative estimate of drug-likeness (QED) is 0.758. The molecular weight excluding hydrogens is 372 g/mol. The summed E-state index contributed by atoms with van der Waals surface area (Å²) in [7, 11) is 0. The van der Waals surface area contributed by atoms with Crippen LogP contribution in [0.2, 0.25) is 0 Å². The fourth-order valence-corrected chi connectivity index (χ4v) is 3.64. The first-order chi connectivity index (χ1) is 13.8. The fourth-order valence-electron chi connectivity index (χ4n) is 3.64. The zero-order chi connectivity index (χ0) is 20.8. The third-order valence-electron chi connectivity index (χ3n) is 5.46. The molecule has 29 heavy (non-hydrogen) atoms. The molecule has 4 rings (SSSR count). The zero-order valence-corrected chi connectivity index (χ0v) is 16.3. The zero-order valence-electron chi connectivity index (χ0n) is 16.3. The number of carbonyl (C=O) groups is 3. The predicted molar refractivity (Wildman–Crippen MR) is 108 cm³/mol. The Morgan fingerprint density at radius 2 is 1.97 bits per heavy atom. The van der Waals surface area contributed by atoms with Crippen molar-refractivity contribution in [3.63, 3.8) is 0 Å². The van der Waals surface area contributed by atoms with E-state index in [2.05, 4.69) is 10.6 Å². The molecule has 0 spiro atoms. The Hall–Kier alpha value is -3.42. The highest BCUT2D eigenvalue weighted by atomic mass is 16.2. The van der Waals surface area contributed by atoms with Crippen LogP contribution in [0.25, 0.3) is 0 Å². The van der Waals surface area contributed by atoms with Crippen LogP contribution >= 0.6 is 0 Å². The maximum Gasteiger partial charge on any atom is 0.329 e. The number of imide groups is 1. The van der Waals surface area contributed by atoms with Gasteiger partial charge in [-0.2, -0.15) is 0 Å². The maximum atomic E-state index is 12.9. The Bertz CT molecular complexity index is 1070. The monoisotopic (exact) mass is 394 g/mol. The molecule has 1 saturated heterocycles. The van der Waals surface area contributed by atoms with Crippen molar-refractivity contribution in [2.75, 3.05) is 10.2 Å². The third-order valence-corrected chi connectivity index (χ3v) is 5.46. The molecular formula is C21H22N4O4. The lowest BCUT2D eigenvalue weighted by Crippen LogP contribution is -2.46. The molecule has 1 aromatic carbocycles. The van der Waals surface area contributed by atoms with E-state index in [4.69, 9.17) is 0 Å². The minimum Gasteiger partial charge on any atom is -0.324 e. The van der Waals surface area contributed by atoms with Crippen LogP contribution in [-0.2, 0) is 16.1 Å². The summed E-state index contributed by atoms with van der Waals surface area (Å²) in [6.07, 6.45) is 3.41. The highest BCUT2D eigenvalue weighted by Crippen LogP contribution is 2.43. The molecule has 150 valence electrons. The third kappa shape index (κ3) is 3.53. The maximum absolute atomic E-state index is 12.9. The van der Waals surface area contributed by atoms with Crippen LogP contribution in [0.15, 0.2) is 47.4 Å². The summed E-state index contributed by atoms with van der Waals surface area (Å²) in [6, 6.07) is 9.31. The molecule has 1 aromatic heterocycles. The number of pyridine rings is 1. The summed E-state index contributed by atoms with van der Waals surface area (Å²) in [5, 5.41) is 5.52. The summed E-state index contributed by atoms with van der Waals surface area (Å²) in [4.78, 5) is 50.7. The molecule has 8 nitrogen and oxygen atoms in total. The van der Waals surface area contributed by atoms with E-state index in [1.165, 1.54) is 10.6 Å². The Labute approximate surface area is 167 Å². The van der Waals surface area contributed by atoms with Gasteiger partial charge < -0.3 is 15.2 Å². The van der Waals surface area contributed by atoms with Crippen LogP contribution in [0.3, 0.4) is 0 Å². The van der Waals surface area contributed by atoms with Crippen molar-refractivity contribution >= 4 is 29.2 Å². The van der Waals surface area contributed by atoms with Crippen molar-refractivity contribution in [2.45, 2.75) is 38.8 Å². The average Bonchev–Trinajstić information content (AvgIpc) is 3.47. The molecule has 1 atom stereocenters. The van der Waals surface area contributed by atoms with Gasteiger partial charge in [0, 0.05) is 18.0 Å². The number of rotatable bonds is 5. The van der Waals surface area contributed by atoms with E-state index < -0.39 is 11.6 Å². The van der Waals surface area contributed by atoms with Gasteiger partial charge in [-0.05, 0) is 62.4 Å². The summed E-state index contributed by atoms with van der Waals surface area (Å²) in [5.41, 5.74) is 0.525. The van der Waals surface area contributed by atoms with Gasteiger partial charge in [-0.25, -0.2) is 9.69 Å². The van der Waals surface area contributed by atoms with E-state index in [0.29, 0.717) is 11.4 Å². The topological polar surface area (TPSA) is 101 Å². The smallest absolute Gasteiger partial charge is 0.324 e. The molecule has 2 aliphatic rings. The first kappa shape index (κ1) is 18.9. The second-order valence-corrected chi connectivity index (χ2v) is 7.82. The van der Waals surface area contributed by atoms with Crippen molar-refractivity contribution in [2.24, 2.45) is 5.92 Å². The number of hydrogen-bond acceptors (Lipinski definition) is 4. The molecule has 1 aliphatic carbocycles. The van der Waals surface area contributed by atoms with Crippen LogP contribution in [0.5, 0.6) is 0 Å². The molecule has 4 amide bonds. The summed E-state index contributed by atoms with van der Waals surface area (Å²) in [5.74, 6) is -0.493. The second-order valence-electron chi connectivity index (χ2n) is 7.82. The Morgan fingerprint density at radius 1 is 1.21 bits per heavy atom. The van der Waals surface area contributed by atoms with Crippen LogP contribution in [0, 0.1) is 12.8 Å². The van der Waals surface area contributed by atoms with Gasteiger partial charge in [0.15, 0.2) is 0 Å². The van der Waals surface area contributed by atoms with Gasteiger partial charge in [0.1, 0.15) is 12.1 Å². The number of amides is 4. The normalized spacial score (nSPS) is 21.2. The lowest BCUT2D eigenvalue weighted by molar-refractivity contribution is -0.122. The number of hydrogen-bond donors (Lipinski definition) is 2. The van der Waals surface area contributed by atoms with Crippen LogP contribution in [0.4, 0.5) is 16.2 Å². The van der Waals surface area contributed by atoms with Crippen molar-refractivity contribution in [1.29, 1.82) is 0 Å². The minimum absolute atomic E-state index is 0.133. The van der Waals surface area contributed by atoms with Crippen molar-refractivity contribution in [1.82, 2.24) is 9.88 Å². The summed E-state index contributed by atoms with van der Waals surface area (Å²) >= 11 is 0. The van der Waals surface area contributed by atoms with Gasteiger partial charge in [-0.3, -0.25) is 14.4 Å². The molecule has 2 heterocycles. The summed E-state index contributed by atoms with van der Waals surface area (Å²) < 4.78 is 1.31. The number of nitrogens with one attached hydrogen (secondary N) is 2. The number of benzene rings is 1. The SMILES string of the molecule is Cc1ccn(CC(=O)Nc2cccc(N3C(=O)NC(C)(C4CC4)C3=O)c2)c(=O)c1. The highest BCUT2D eigenvalue weighted by Gasteiger charge is 2.56. The molecule has 2 aromatic rings. The summed E-state index contributed by atoms with van der Waals surface area (Å²) in [6.45, 7) is 3.43. The second kappa shape index (κ2) is 6.88. The lowest BCUT2D eigenvalue weighted by Gasteiger charge is -2.21. The van der Waals surface area contributed by atoms with Crippen LogP contribution in [0.1, 0.15) is 25.3 Å². The van der Waals surface area contributed by atoms with E-state index in [1.54, 1.807) is 50.4 Å². The van der Waals surface area contributed by atoms with Gasteiger partial charge in [0.2, 0.25) is 5.91 Å². The van der Waals surface area contributed by atoms with Gasteiger partial charge in [0.25, 0.3) is 11.5 Å². The van der Waals surface area contributed by atoms with Crippen molar-refractivity contribution in [3.8, 4) is 0 Å². The van der Waals surface area contributed by atoms with Gasteiger partial charge in [-0.15, -0.1) is 0 Å². The Balaban J connectivity index is 1.50. The van der Waals surface area contributed by atoms with Crippen molar-refractivity contribution in [3.05, 3.63) is 58.5 Å². The first-order valence-corrected chi connectivity index (χ1v) is 9.51. The van der Waals surface area contributed by atoms with E-state index in [1.807, 2.05) is 0 Å². The first-order valence-electron chi connectivity index (χ1n) is 9.51. The Morgan fingerprint density at radius 3 is 2.66 bits per heavy atom. The molecule has 1 aliphatic heterocycles. The number of carbonyl (C=O) groups excluding carboxylic acids is 3. The van der Waals surface area contributed by atoms with Crippen LogP contribution < -0.4 is 21.1 Å². The van der Waals surface area contributed by atoms with Gasteiger partial charge >= 0.3 is 6.03 Å². The number of urea groups is 1. The standard InChI is InChI=1S/C21H22N4O4/c1-13-8-9-24(18(27)10-13)12-17(26)22-15-4-3-5-16(11-15)25-19(28)21(2,14-6-7-14)23-20(25)29/h3-5,8-11,14H,6-7,12H2,1-2H3,(H,22,26)(H,23,29). The fraction of sp³-hybridized carbons (Fsp3) is 0.333. The van der Waals surface area contributed by atoms with Crippen molar-refractivity contribution < 1.29 is 14.4 Å². The van der Waals surface area contributed by atoms with E-state index in [0.717, 1.165) is 23.3 Å². The number of nitrogens with zero attached hydrogens (tertiary/aromatic N) is 2. The highest BCUT2D eigenvalue weighted by molar-refractivity contribution is 6.23. The number of anilines is 2. The molecule has 2 fully saturated rings. The molecule has 2 N–H and O–H groups in total. The largest absolute Gasteiger partial charge is 0.329 e. The van der Waals surface area contributed by atoms with Gasteiger partial charge in [0.05, 0.1) is 5.69 Å². The lowest BCUT2D eigenvalue weighted by atomic mass is 9.96. The number of aromatic nitrogens is 1. The Kier molecular flexibility index (Phi) is 4.49. The average molecular weight is 394 g/mol. The van der Waals surface area contributed by atoms with Gasteiger partial charge in [-0.1, -0.05) is 6.07 Å². The molecule has 1 unspecified atom stereocenters. The number of aryl methyl sites for hydroxylation is 1.